The zero-order valence-electron chi connectivity index (χ0n) is 15.8. The van der Waals surface area contributed by atoms with Crippen LogP contribution >= 0.6 is 0 Å². The van der Waals surface area contributed by atoms with E-state index in [1.807, 2.05) is 0 Å². The first-order chi connectivity index (χ1) is 10.3. The lowest BCUT2D eigenvalue weighted by molar-refractivity contribution is 0.145. The third kappa shape index (κ3) is 5.87. The van der Waals surface area contributed by atoms with Crippen molar-refractivity contribution in [3.63, 3.8) is 0 Å². The van der Waals surface area contributed by atoms with E-state index in [0.29, 0.717) is 16.9 Å². The molecular formula is C21H41N. The van der Waals surface area contributed by atoms with Crippen molar-refractivity contribution in [2.75, 3.05) is 0 Å². The van der Waals surface area contributed by atoms with E-state index < -0.39 is 0 Å². The average molecular weight is 308 g/mol. The molecule has 1 nitrogen and oxygen atoms in total. The van der Waals surface area contributed by atoms with Crippen LogP contribution in [0.5, 0.6) is 0 Å². The largest absolute Gasteiger partial charge is 0.328 e. The molecule has 2 fully saturated rings. The second-order valence-corrected chi connectivity index (χ2v) is 10.1. The van der Waals surface area contributed by atoms with Crippen LogP contribution in [-0.2, 0) is 0 Å². The molecule has 2 aliphatic carbocycles. The predicted molar refractivity (Wildman–Crippen MR) is 97.9 cm³/mol. The van der Waals surface area contributed by atoms with Crippen LogP contribution in [0.25, 0.3) is 0 Å². The maximum Gasteiger partial charge on any atom is 0.00389 e. The first kappa shape index (κ1) is 18.3. The molecule has 1 heteroatoms. The molecule has 2 rings (SSSR count). The highest BCUT2D eigenvalue weighted by Crippen LogP contribution is 2.44. The van der Waals surface area contributed by atoms with Crippen molar-refractivity contribution in [3.05, 3.63) is 0 Å². The van der Waals surface area contributed by atoms with Crippen LogP contribution in [-0.4, -0.2) is 6.04 Å². The number of hydrogen-bond acceptors (Lipinski definition) is 1. The Morgan fingerprint density at radius 3 is 2.14 bits per heavy atom. The highest BCUT2D eigenvalue weighted by Gasteiger charge is 2.32. The number of rotatable bonds is 0. The Bertz CT molecular complexity index is 331. The molecular weight excluding hydrogens is 266 g/mol. The predicted octanol–water partition coefficient (Wildman–Crippen LogP) is 6.31. The van der Waals surface area contributed by atoms with Gasteiger partial charge in [0.25, 0.3) is 0 Å². The van der Waals surface area contributed by atoms with E-state index in [1.165, 1.54) is 77.0 Å². The van der Waals surface area contributed by atoms with E-state index in [-0.39, 0.29) is 0 Å². The van der Waals surface area contributed by atoms with Gasteiger partial charge in [-0.1, -0.05) is 53.4 Å². The highest BCUT2D eigenvalue weighted by atomic mass is 14.6. The van der Waals surface area contributed by atoms with Gasteiger partial charge in [0.05, 0.1) is 0 Å². The minimum absolute atomic E-state index is 0.457. The van der Waals surface area contributed by atoms with Crippen molar-refractivity contribution in [2.24, 2.45) is 28.4 Å². The van der Waals surface area contributed by atoms with Gasteiger partial charge in [0.2, 0.25) is 0 Å². The summed E-state index contributed by atoms with van der Waals surface area (Å²) in [7, 11) is 0. The Hall–Kier alpha value is -0.0400. The lowest BCUT2D eigenvalue weighted by Gasteiger charge is -2.37. The van der Waals surface area contributed by atoms with Crippen molar-refractivity contribution >= 4 is 0 Å². The minimum atomic E-state index is 0.457. The minimum Gasteiger partial charge on any atom is -0.328 e. The van der Waals surface area contributed by atoms with Crippen molar-refractivity contribution in [3.8, 4) is 0 Å². The fourth-order valence-corrected chi connectivity index (χ4v) is 5.06. The molecule has 0 spiro atoms. The maximum absolute atomic E-state index is 6.38. The molecule has 0 radical (unpaired) electrons. The molecule has 0 aromatic carbocycles. The molecule has 2 saturated carbocycles. The third-order valence-electron chi connectivity index (χ3n) is 6.69. The molecule has 22 heavy (non-hydrogen) atoms. The number of nitrogens with two attached hydrogens (primary N) is 1. The molecule has 2 aliphatic rings. The van der Waals surface area contributed by atoms with Crippen molar-refractivity contribution in [1.82, 2.24) is 0 Å². The Balaban J connectivity index is 2.12. The summed E-state index contributed by atoms with van der Waals surface area (Å²) < 4.78 is 0. The lowest BCUT2D eigenvalue weighted by atomic mass is 9.69. The standard InChI is InChI=1S/C21H41N/c1-20(2)13-6-5-8-17-10-11-19(22)9-7-14-21(3,4)16-18(17)12-15-20/h17-19H,5-16,22H2,1-4H3. The van der Waals surface area contributed by atoms with Gasteiger partial charge in [-0.2, -0.15) is 0 Å². The van der Waals surface area contributed by atoms with E-state index in [4.69, 9.17) is 5.73 Å². The Morgan fingerprint density at radius 1 is 0.636 bits per heavy atom. The summed E-state index contributed by atoms with van der Waals surface area (Å²) in [5.74, 6) is 1.88. The van der Waals surface area contributed by atoms with Gasteiger partial charge in [-0.15, -0.1) is 0 Å². The van der Waals surface area contributed by atoms with Gasteiger partial charge >= 0.3 is 0 Å². The zero-order chi connectivity index (χ0) is 16.2. The molecule has 2 N–H and O–H groups in total. The van der Waals surface area contributed by atoms with Crippen molar-refractivity contribution < 1.29 is 0 Å². The Morgan fingerprint density at radius 2 is 1.36 bits per heavy atom. The molecule has 0 aromatic rings. The van der Waals surface area contributed by atoms with Gasteiger partial charge in [-0.05, 0) is 74.0 Å². The Kier molecular flexibility index (Phi) is 6.39. The van der Waals surface area contributed by atoms with Gasteiger partial charge in [-0.3, -0.25) is 0 Å². The summed E-state index contributed by atoms with van der Waals surface area (Å²) >= 11 is 0. The zero-order valence-corrected chi connectivity index (χ0v) is 15.8. The topological polar surface area (TPSA) is 26.0 Å². The molecule has 3 atom stereocenters. The smallest absolute Gasteiger partial charge is 0.00389 e. The summed E-state index contributed by atoms with van der Waals surface area (Å²) in [6.07, 6.45) is 16.7. The van der Waals surface area contributed by atoms with Crippen LogP contribution in [0.3, 0.4) is 0 Å². The van der Waals surface area contributed by atoms with Crippen LogP contribution in [0.4, 0.5) is 0 Å². The van der Waals surface area contributed by atoms with Crippen LogP contribution in [0.1, 0.15) is 105 Å². The van der Waals surface area contributed by atoms with Crippen molar-refractivity contribution in [1.29, 1.82) is 0 Å². The summed E-state index contributed by atoms with van der Waals surface area (Å²) in [6.45, 7) is 10.0. The molecule has 130 valence electrons. The summed E-state index contributed by atoms with van der Waals surface area (Å²) in [5, 5.41) is 0. The fourth-order valence-electron chi connectivity index (χ4n) is 5.06. The maximum atomic E-state index is 6.38. The summed E-state index contributed by atoms with van der Waals surface area (Å²) in [4.78, 5) is 0. The molecule has 3 unspecified atom stereocenters. The van der Waals surface area contributed by atoms with E-state index >= 15 is 0 Å². The van der Waals surface area contributed by atoms with Gasteiger partial charge < -0.3 is 5.73 Å². The average Bonchev–Trinajstić information content (AvgIpc) is 2.47. The first-order valence-corrected chi connectivity index (χ1v) is 10.0. The van der Waals surface area contributed by atoms with E-state index in [9.17, 15) is 0 Å². The van der Waals surface area contributed by atoms with E-state index in [2.05, 4.69) is 27.7 Å². The highest BCUT2D eigenvalue weighted by molar-refractivity contribution is 4.84. The lowest BCUT2D eigenvalue weighted by Crippen LogP contribution is -2.29. The molecule has 0 heterocycles. The SMILES string of the molecule is CC1(C)CCCCC2CCC(N)CCCC(C)(C)CC2CC1. The van der Waals surface area contributed by atoms with Gasteiger partial charge in [0.1, 0.15) is 0 Å². The van der Waals surface area contributed by atoms with Crippen LogP contribution in [0, 0.1) is 22.7 Å². The van der Waals surface area contributed by atoms with E-state index in [0.717, 1.165) is 11.8 Å². The van der Waals surface area contributed by atoms with Gasteiger partial charge in [-0.25, -0.2) is 0 Å². The molecule has 0 bridgehead atoms. The van der Waals surface area contributed by atoms with Gasteiger partial charge in [0, 0.05) is 6.04 Å². The molecule has 0 saturated heterocycles. The van der Waals surface area contributed by atoms with Crippen LogP contribution in [0.15, 0.2) is 0 Å². The van der Waals surface area contributed by atoms with E-state index in [1.54, 1.807) is 0 Å². The second kappa shape index (κ2) is 7.69. The molecule has 0 aliphatic heterocycles. The fraction of sp³-hybridized carbons (Fsp3) is 1.00. The van der Waals surface area contributed by atoms with Crippen LogP contribution in [0.2, 0.25) is 0 Å². The second-order valence-electron chi connectivity index (χ2n) is 10.1. The molecule has 0 aromatic heterocycles. The normalized spacial score (nSPS) is 37.2. The Labute approximate surface area is 139 Å². The monoisotopic (exact) mass is 307 g/mol. The summed E-state index contributed by atoms with van der Waals surface area (Å²) in [5.41, 5.74) is 7.45. The number of hydrogen-bond donors (Lipinski definition) is 1. The van der Waals surface area contributed by atoms with Gasteiger partial charge in [0.15, 0.2) is 0 Å². The first-order valence-electron chi connectivity index (χ1n) is 10.0. The van der Waals surface area contributed by atoms with Crippen molar-refractivity contribution in [2.45, 2.75) is 111 Å². The molecule has 0 amide bonds. The third-order valence-corrected chi connectivity index (χ3v) is 6.69. The number of fused-ring (bicyclic) bond motifs is 1. The van der Waals surface area contributed by atoms with Crippen LogP contribution < -0.4 is 5.73 Å². The quantitative estimate of drug-likeness (QED) is 0.558. The summed E-state index contributed by atoms with van der Waals surface area (Å²) in [6, 6.07) is 0.457.